The largest absolute Gasteiger partial charge is 0.504 e. The Morgan fingerprint density at radius 1 is 1.07 bits per heavy atom. The Bertz CT molecular complexity index is 985. The molecule has 1 aliphatic carbocycles. The number of nitrogens with one attached hydrogen (secondary N) is 1. The number of benzene rings is 1. The average molecular weight is 385 g/mol. The van der Waals surface area contributed by atoms with Crippen molar-refractivity contribution in [2.75, 3.05) is 21.3 Å². The van der Waals surface area contributed by atoms with Crippen molar-refractivity contribution in [1.82, 2.24) is 5.32 Å². The molecule has 0 saturated carbocycles. The Kier molecular flexibility index (Phi) is 5.44. The predicted octanol–water partition coefficient (Wildman–Crippen LogP) is 2.57. The van der Waals surface area contributed by atoms with Crippen LogP contribution in [0, 0.1) is 0 Å². The van der Waals surface area contributed by atoms with E-state index in [-0.39, 0.29) is 34.6 Å². The molecular weight excluding hydrogens is 362 g/mol. The number of carbonyl (C=O) groups excluding carboxylic acids is 1. The Balaban J connectivity index is 2.37. The van der Waals surface area contributed by atoms with E-state index in [0.29, 0.717) is 35.3 Å². The van der Waals surface area contributed by atoms with E-state index in [0.717, 1.165) is 5.56 Å². The fraction of sp³-hybridized carbons (Fsp3) is 0.333. The van der Waals surface area contributed by atoms with Gasteiger partial charge in [0.25, 0.3) is 0 Å². The normalized spacial score (nSPS) is 14.9. The van der Waals surface area contributed by atoms with Gasteiger partial charge in [-0.3, -0.25) is 9.59 Å². The minimum atomic E-state index is -0.388. The highest BCUT2D eigenvalue weighted by atomic mass is 16.5. The lowest BCUT2D eigenvalue weighted by molar-refractivity contribution is -0.119. The number of rotatable bonds is 4. The van der Waals surface area contributed by atoms with Crippen molar-refractivity contribution in [1.29, 1.82) is 0 Å². The molecule has 7 heteroatoms. The molecule has 0 aliphatic heterocycles. The number of hydrogen-bond donors (Lipinski definition) is 2. The number of amides is 1. The lowest BCUT2D eigenvalue weighted by Gasteiger charge is -2.17. The number of methoxy groups -OCH3 is 3. The van der Waals surface area contributed by atoms with Gasteiger partial charge in [-0.2, -0.15) is 0 Å². The Morgan fingerprint density at radius 3 is 2.39 bits per heavy atom. The molecule has 28 heavy (non-hydrogen) atoms. The first-order chi connectivity index (χ1) is 13.4. The summed E-state index contributed by atoms with van der Waals surface area (Å²) in [6.45, 7) is 1.43. The Hall–Kier alpha value is -3.22. The summed E-state index contributed by atoms with van der Waals surface area (Å²) in [6, 6.07) is 6.23. The molecule has 148 valence electrons. The highest BCUT2D eigenvalue weighted by molar-refractivity contribution is 5.80. The Labute approximate surface area is 162 Å². The van der Waals surface area contributed by atoms with Gasteiger partial charge < -0.3 is 24.6 Å². The van der Waals surface area contributed by atoms with E-state index in [2.05, 4.69) is 5.32 Å². The minimum absolute atomic E-state index is 0.00732. The van der Waals surface area contributed by atoms with E-state index in [9.17, 15) is 14.7 Å². The summed E-state index contributed by atoms with van der Waals surface area (Å²) in [5, 5.41) is 13.7. The van der Waals surface area contributed by atoms with Crippen LogP contribution in [0.4, 0.5) is 0 Å². The lowest BCUT2D eigenvalue weighted by atomic mass is 9.96. The number of phenols is 1. The standard InChI is InChI=1S/C21H23NO6/c1-11(23)22-16-7-5-13-14(10-19(27-3)21(28-4)20(13)25)12-6-8-18(26-2)17(24)9-15(12)16/h6,8-10,16,25H,5,7H2,1-4H3,(H,22,23). The summed E-state index contributed by atoms with van der Waals surface area (Å²) in [7, 11) is 4.38. The summed E-state index contributed by atoms with van der Waals surface area (Å²) in [6.07, 6.45) is 0.991. The number of phenolic OH excluding ortho intramolecular Hbond substituents is 1. The SMILES string of the molecule is COc1cc2c(c(O)c1OC)CCC(NC(C)=O)c1cc(=O)c(OC)ccc1-2. The van der Waals surface area contributed by atoms with Gasteiger partial charge in [-0.15, -0.1) is 0 Å². The molecule has 0 radical (unpaired) electrons. The molecule has 0 spiro atoms. The molecule has 0 saturated heterocycles. The second kappa shape index (κ2) is 7.80. The van der Waals surface area contributed by atoms with E-state index in [4.69, 9.17) is 14.2 Å². The van der Waals surface area contributed by atoms with Crippen LogP contribution < -0.4 is 25.0 Å². The third-order valence-corrected chi connectivity index (χ3v) is 4.94. The highest BCUT2D eigenvalue weighted by Crippen LogP contribution is 2.48. The molecule has 0 bridgehead atoms. The third-order valence-electron chi connectivity index (χ3n) is 4.94. The van der Waals surface area contributed by atoms with Crippen LogP contribution in [0.15, 0.2) is 29.1 Å². The van der Waals surface area contributed by atoms with Crippen LogP contribution in [-0.4, -0.2) is 32.3 Å². The topological polar surface area (TPSA) is 94.1 Å². The van der Waals surface area contributed by atoms with Gasteiger partial charge in [0.1, 0.15) is 0 Å². The maximum atomic E-state index is 12.5. The molecule has 2 aromatic rings. The fourth-order valence-corrected chi connectivity index (χ4v) is 3.68. The zero-order chi connectivity index (χ0) is 20.4. The molecular formula is C21H23NO6. The molecule has 2 N–H and O–H groups in total. The Morgan fingerprint density at radius 2 is 1.79 bits per heavy atom. The van der Waals surface area contributed by atoms with Gasteiger partial charge in [-0.1, -0.05) is 6.07 Å². The second-order valence-corrected chi connectivity index (χ2v) is 6.56. The average Bonchev–Trinajstić information content (AvgIpc) is 2.91. The monoisotopic (exact) mass is 385 g/mol. The van der Waals surface area contributed by atoms with Crippen LogP contribution >= 0.6 is 0 Å². The maximum Gasteiger partial charge on any atom is 0.220 e. The van der Waals surface area contributed by atoms with Crippen LogP contribution in [0.3, 0.4) is 0 Å². The number of aromatic hydroxyl groups is 1. The molecule has 1 atom stereocenters. The number of hydrogen-bond acceptors (Lipinski definition) is 6. The molecule has 3 rings (SSSR count). The van der Waals surface area contributed by atoms with Gasteiger partial charge in [-0.05, 0) is 47.7 Å². The zero-order valence-electron chi connectivity index (χ0n) is 16.3. The molecule has 0 heterocycles. The van der Waals surface area contributed by atoms with Gasteiger partial charge in [0.05, 0.1) is 27.4 Å². The number of ether oxygens (including phenoxy) is 3. The molecule has 1 amide bonds. The van der Waals surface area contributed by atoms with Crippen molar-refractivity contribution in [2.45, 2.75) is 25.8 Å². The molecule has 0 aromatic heterocycles. The molecule has 1 unspecified atom stereocenters. The van der Waals surface area contributed by atoms with Crippen molar-refractivity contribution < 1.29 is 24.1 Å². The van der Waals surface area contributed by atoms with Crippen molar-refractivity contribution in [3.63, 3.8) is 0 Å². The van der Waals surface area contributed by atoms with E-state index in [1.165, 1.54) is 34.3 Å². The lowest BCUT2D eigenvalue weighted by Crippen LogP contribution is -2.26. The number of fused-ring (bicyclic) bond motifs is 3. The molecule has 0 fully saturated rings. The van der Waals surface area contributed by atoms with E-state index in [1.54, 1.807) is 18.2 Å². The molecule has 1 aliphatic rings. The van der Waals surface area contributed by atoms with Crippen LogP contribution in [0.1, 0.15) is 30.5 Å². The van der Waals surface area contributed by atoms with Crippen molar-refractivity contribution >= 4 is 5.91 Å². The van der Waals surface area contributed by atoms with Crippen LogP contribution in [-0.2, 0) is 11.2 Å². The number of carbonyl (C=O) groups is 1. The maximum absolute atomic E-state index is 12.5. The summed E-state index contributed by atoms with van der Waals surface area (Å²) in [5.41, 5.74) is 2.48. The third kappa shape index (κ3) is 3.35. The van der Waals surface area contributed by atoms with Gasteiger partial charge in [-0.25, -0.2) is 0 Å². The first-order valence-corrected chi connectivity index (χ1v) is 8.87. The fourth-order valence-electron chi connectivity index (χ4n) is 3.68. The summed E-state index contributed by atoms with van der Waals surface area (Å²) < 4.78 is 15.9. The molecule has 7 nitrogen and oxygen atoms in total. The predicted molar refractivity (Wildman–Crippen MR) is 104 cm³/mol. The van der Waals surface area contributed by atoms with E-state index in [1.807, 2.05) is 0 Å². The van der Waals surface area contributed by atoms with Gasteiger partial charge >= 0.3 is 0 Å². The van der Waals surface area contributed by atoms with Crippen LogP contribution in [0.2, 0.25) is 0 Å². The van der Waals surface area contributed by atoms with Crippen LogP contribution in [0.25, 0.3) is 11.1 Å². The smallest absolute Gasteiger partial charge is 0.220 e. The minimum Gasteiger partial charge on any atom is -0.504 e. The molecule has 2 aromatic carbocycles. The van der Waals surface area contributed by atoms with Crippen molar-refractivity contribution in [2.24, 2.45) is 0 Å². The van der Waals surface area contributed by atoms with Crippen molar-refractivity contribution in [3.8, 4) is 34.1 Å². The first-order valence-electron chi connectivity index (χ1n) is 8.87. The zero-order valence-corrected chi connectivity index (χ0v) is 16.3. The first kappa shape index (κ1) is 19.5. The second-order valence-electron chi connectivity index (χ2n) is 6.56. The highest BCUT2D eigenvalue weighted by Gasteiger charge is 2.28. The van der Waals surface area contributed by atoms with Crippen molar-refractivity contribution in [3.05, 3.63) is 45.6 Å². The quantitative estimate of drug-likeness (QED) is 0.840. The van der Waals surface area contributed by atoms with Gasteiger partial charge in [0.15, 0.2) is 17.2 Å². The van der Waals surface area contributed by atoms with Gasteiger partial charge in [0, 0.05) is 12.5 Å². The van der Waals surface area contributed by atoms with Gasteiger partial charge in [0.2, 0.25) is 17.1 Å². The summed E-state index contributed by atoms with van der Waals surface area (Å²) >= 11 is 0. The summed E-state index contributed by atoms with van der Waals surface area (Å²) in [4.78, 5) is 24.3. The van der Waals surface area contributed by atoms with E-state index < -0.39 is 0 Å². The summed E-state index contributed by atoms with van der Waals surface area (Å²) in [5.74, 6) is 0.617. The van der Waals surface area contributed by atoms with E-state index >= 15 is 0 Å². The van der Waals surface area contributed by atoms with Crippen LogP contribution in [0.5, 0.6) is 23.0 Å².